The summed E-state index contributed by atoms with van der Waals surface area (Å²) >= 11 is 1.92. The molecule has 0 saturated carbocycles. The minimum Gasteiger partial charge on any atom is -0.481 e. The lowest BCUT2D eigenvalue weighted by Gasteiger charge is -2.12. The number of hydrogen-bond donors (Lipinski definition) is 1. The Kier molecular flexibility index (Phi) is 3.98. The van der Waals surface area contributed by atoms with Gasteiger partial charge in [0.15, 0.2) is 5.82 Å². The van der Waals surface area contributed by atoms with Crippen LogP contribution >= 0.6 is 11.8 Å². The van der Waals surface area contributed by atoms with Gasteiger partial charge >= 0.3 is 5.97 Å². The Bertz CT molecular complexity index is 389. The Morgan fingerprint density at radius 1 is 1.71 bits per heavy atom. The minimum absolute atomic E-state index is 0.0452. The number of aliphatic carboxylic acids is 1. The van der Waals surface area contributed by atoms with Gasteiger partial charge in [-0.15, -0.1) is 5.10 Å². The summed E-state index contributed by atoms with van der Waals surface area (Å²) in [6, 6.07) is 0. The molecule has 7 heteroatoms. The smallest absolute Gasteiger partial charge is 0.303 e. The highest BCUT2D eigenvalue weighted by molar-refractivity contribution is 7.99. The second-order valence-corrected chi connectivity index (χ2v) is 5.63. The zero-order valence-electron chi connectivity index (χ0n) is 9.74. The summed E-state index contributed by atoms with van der Waals surface area (Å²) in [6.45, 7) is 2.48. The fourth-order valence-electron chi connectivity index (χ4n) is 2.03. The fraction of sp³-hybridized carbons (Fsp3) is 0.800. The van der Waals surface area contributed by atoms with Crippen LogP contribution in [0.2, 0.25) is 0 Å². The molecule has 0 radical (unpaired) electrons. The van der Waals surface area contributed by atoms with Crippen LogP contribution in [-0.4, -0.2) is 42.8 Å². The van der Waals surface area contributed by atoms with Crippen LogP contribution in [0.1, 0.15) is 31.5 Å². The van der Waals surface area contributed by atoms with E-state index in [1.165, 1.54) is 0 Å². The average Bonchev–Trinajstić information content (AvgIpc) is 2.84. The highest BCUT2D eigenvalue weighted by Gasteiger charge is 2.24. The van der Waals surface area contributed by atoms with Crippen molar-refractivity contribution in [3.8, 4) is 0 Å². The molecule has 1 aliphatic heterocycles. The molecule has 94 valence electrons. The van der Waals surface area contributed by atoms with Crippen LogP contribution in [0.5, 0.6) is 0 Å². The molecule has 1 fully saturated rings. The van der Waals surface area contributed by atoms with Gasteiger partial charge in [-0.3, -0.25) is 4.79 Å². The average molecular weight is 256 g/mol. The molecule has 1 aromatic heterocycles. The van der Waals surface area contributed by atoms with Crippen molar-refractivity contribution in [3.05, 3.63) is 5.82 Å². The van der Waals surface area contributed by atoms with E-state index in [2.05, 4.69) is 15.5 Å². The SMILES string of the molecule is CC(CC(=O)O)Cn1nnnc1C1CCSC1. The van der Waals surface area contributed by atoms with Gasteiger partial charge < -0.3 is 5.11 Å². The molecule has 17 heavy (non-hydrogen) atoms. The molecule has 0 bridgehead atoms. The van der Waals surface area contributed by atoms with Gasteiger partial charge in [-0.1, -0.05) is 6.92 Å². The molecular weight excluding hydrogens is 240 g/mol. The fourth-order valence-corrected chi connectivity index (χ4v) is 3.25. The number of aromatic nitrogens is 4. The highest BCUT2D eigenvalue weighted by atomic mass is 32.2. The van der Waals surface area contributed by atoms with E-state index < -0.39 is 5.97 Å². The number of nitrogens with zero attached hydrogens (tertiary/aromatic N) is 4. The van der Waals surface area contributed by atoms with Crippen LogP contribution in [0, 0.1) is 5.92 Å². The number of thioether (sulfide) groups is 1. The molecule has 0 aliphatic carbocycles. The van der Waals surface area contributed by atoms with E-state index in [4.69, 9.17) is 5.11 Å². The van der Waals surface area contributed by atoms with E-state index in [1.807, 2.05) is 18.7 Å². The van der Waals surface area contributed by atoms with Crippen LogP contribution in [0.25, 0.3) is 0 Å². The number of carbonyl (C=O) groups is 1. The topological polar surface area (TPSA) is 80.9 Å². The number of tetrazole rings is 1. The molecule has 0 amide bonds. The third-order valence-electron chi connectivity index (χ3n) is 2.86. The highest BCUT2D eigenvalue weighted by Crippen LogP contribution is 2.30. The third kappa shape index (κ3) is 3.18. The molecule has 6 nitrogen and oxygen atoms in total. The van der Waals surface area contributed by atoms with E-state index in [0.29, 0.717) is 12.5 Å². The Morgan fingerprint density at radius 3 is 3.18 bits per heavy atom. The molecule has 1 aliphatic rings. The Hall–Kier alpha value is -1.11. The minimum atomic E-state index is -0.774. The maximum atomic E-state index is 10.6. The van der Waals surface area contributed by atoms with Crippen LogP contribution in [0.15, 0.2) is 0 Å². The maximum absolute atomic E-state index is 10.6. The zero-order chi connectivity index (χ0) is 12.3. The van der Waals surface area contributed by atoms with Gasteiger partial charge in [0.2, 0.25) is 0 Å². The molecule has 2 rings (SSSR count). The van der Waals surface area contributed by atoms with Crippen LogP contribution < -0.4 is 0 Å². The van der Waals surface area contributed by atoms with E-state index in [-0.39, 0.29) is 12.3 Å². The van der Waals surface area contributed by atoms with Gasteiger partial charge in [0, 0.05) is 24.6 Å². The summed E-state index contributed by atoms with van der Waals surface area (Å²) in [5.74, 6) is 2.82. The lowest BCUT2D eigenvalue weighted by Crippen LogP contribution is -2.17. The van der Waals surface area contributed by atoms with E-state index in [1.54, 1.807) is 4.68 Å². The molecule has 2 heterocycles. The second-order valence-electron chi connectivity index (χ2n) is 4.48. The monoisotopic (exact) mass is 256 g/mol. The molecular formula is C10H16N4O2S. The summed E-state index contributed by atoms with van der Waals surface area (Å²) < 4.78 is 1.77. The molecule has 2 atom stereocenters. The molecule has 2 unspecified atom stereocenters. The zero-order valence-corrected chi connectivity index (χ0v) is 10.6. The maximum Gasteiger partial charge on any atom is 0.303 e. The second kappa shape index (κ2) is 5.48. The summed E-state index contributed by atoms with van der Waals surface area (Å²) in [5.41, 5.74) is 0. The van der Waals surface area contributed by atoms with E-state index >= 15 is 0 Å². The first-order valence-electron chi connectivity index (χ1n) is 5.72. The quantitative estimate of drug-likeness (QED) is 0.846. The van der Waals surface area contributed by atoms with Gasteiger partial charge in [0.1, 0.15) is 0 Å². The third-order valence-corrected chi connectivity index (χ3v) is 4.02. The standard InChI is InChI=1S/C10H16N4O2S/c1-7(4-9(15)16)5-14-10(11-12-13-14)8-2-3-17-6-8/h7-8H,2-6H2,1H3,(H,15,16). The number of carboxylic acids is 1. The van der Waals surface area contributed by atoms with E-state index in [9.17, 15) is 4.79 Å². The van der Waals surface area contributed by atoms with Gasteiger partial charge in [-0.2, -0.15) is 11.8 Å². The lowest BCUT2D eigenvalue weighted by atomic mass is 10.1. The normalized spacial score (nSPS) is 21.6. The van der Waals surface area contributed by atoms with Crippen molar-refractivity contribution in [2.24, 2.45) is 5.92 Å². The van der Waals surface area contributed by atoms with Gasteiger partial charge in [-0.25, -0.2) is 4.68 Å². The lowest BCUT2D eigenvalue weighted by molar-refractivity contribution is -0.138. The first kappa shape index (κ1) is 12.3. The number of carboxylic acid groups (broad SMARTS) is 1. The Morgan fingerprint density at radius 2 is 2.53 bits per heavy atom. The van der Waals surface area contributed by atoms with Crippen molar-refractivity contribution in [1.82, 2.24) is 20.2 Å². The van der Waals surface area contributed by atoms with Crippen molar-refractivity contribution in [2.45, 2.75) is 32.2 Å². The van der Waals surface area contributed by atoms with Crippen molar-refractivity contribution < 1.29 is 9.90 Å². The molecule has 1 saturated heterocycles. The Balaban J connectivity index is 2.00. The van der Waals surface area contributed by atoms with Gasteiger partial charge in [-0.05, 0) is 28.5 Å². The summed E-state index contributed by atoms with van der Waals surface area (Å²) in [6.07, 6.45) is 1.26. The van der Waals surface area contributed by atoms with Crippen LogP contribution in [0.4, 0.5) is 0 Å². The van der Waals surface area contributed by atoms with Gasteiger partial charge in [0.05, 0.1) is 0 Å². The van der Waals surface area contributed by atoms with Gasteiger partial charge in [0.25, 0.3) is 0 Å². The predicted octanol–water partition coefficient (Wildman–Crippen LogP) is 1.00. The van der Waals surface area contributed by atoms with Crippen molar-refractivity contribution >= 4 is 17.7 Å². The molecule has 0 spiro atoms. The summed E-state index contributed by atoms with van der Waals surface area (Å²) in [7, 11) is 0. The summed E-state index contributed by atoms with van der Waals surface area (Å²) in [4.78, 5) is 10.6. The first-order valence-corrected chi connectivity index (χ1v) is 6.88. The largest absolute Gasteiger partial charge is 0.481 e. The molecule has 0 aromatic carbocycles. The first-order chi connectivity index (χ1) is 8.16. The number of hydrogen-bond acceptors (Lipinski definition) is 5. The molecule has 1 aromatic rings. The van der Waals surface area contributed by atoms with Crippen LogP contribution in [0.3, 0.4) is 0 Å². The number of rotatable bonds is 5. The van der Waals surface area contributed by atoms with Crippen molar-refractivity contribution in [1.29, 1.82) is 0 Å². The predicted molar refractivity (Wildman–Crippen MR) is 63.9 cm³/mol. The van der Waals surface area contributed by atoms with Crippen LogP contribution in [-0.2, 0) is 11.3 Å². The van der Waals surface area contributed by atoms with Crippen molar-refractivity contribution in [3.63, 3.8) is 0 Å². The molecule has 1 N–H and O–H groups in total. The Labute approximate surface area is 104 Å². The summed E-state index contributed by atoms with van der Waals surface area (Å²) in [5, 5.41) is 20.5. The van der Waals surface area contributed by atoms with Crippen molar-refractivity contribution in [2.75, 3.05) is 11.5 Å². The van der Waals surface area contributed by atoms with E-state index in [0.717, 1.165) is 23.8 Å².